The molecule has 1 rings (SSSR count). The van der Waals surface area contributed by atoms with Crippen molar-refractivity contribution in [3.63, 3.8) is 0 Å². The van der Waals surface area contributed by atoms with Gasteiger partial charge >= 0.3 is 24.8 Å². The summed E-state index contributed by atoms with van der Waals surface area (Å²) in [7, 11) is 0. The molecule has 48 valence electrons. The Morgan fingerprint density at radius 1 is 1.67 bits per heavy atom. The fourth-order valence-corrected chi connectivity index (χ4v) is 0.895. The number of aliphatic carboxylic acids is 1. The Kier molecular flexibility index (Phi) is 3.95. The van der Waals surface area contributed by atoms with E-state index in [9.17, 15) is 4.79 Å². The van der Waals surface area contributed by atoms with E-state index in [1.165, 1.54) is 0 Å². The molecular formula is C5H10LiNO2. The second-order valence-corrected chi connectivity index (χ2v) is 1.99. The van der Waals surface area contributed by atoms with Crippen molar-refractivity contribution in [3.05, 3.63) is 0 Å². The van der Waals surface area contributed by atoms with Crippen LogP contribution in [0.3, 0.4) is 0 Å². The quantitative estimate of drug-likeness (QED) is 0.447. The van der Waals surface area contributed by atoms with Gasteiger partial charge in [0.25, 0.3) is 0 Å². The molecule has 0 bridgehead atoms. The van der Waals surface area contributed by atoms with Gasteiger partial charge in [-0.1, -0.05) is 0 Å². The summed E-state index contributed by atoms with van der Waals surface area (Å²) in [6.07, 6.45) is 1.78. The molecule has 1 fully saturated rings. The van der Waals surface area contributed by atoms with Gasteiger partial charge in [-0.3, -0.25) is 4.79 Å². The normalized spacial score (nSPS) is 25.1. The number of hydrogen-bond donors (Lipinski definition) is 2. The molecule has 0 amide bonds. The standard InChI is InChI=1S/C5H9NO2.Li.H/c7-5(8)4-2-1-3-6-4;;/h4,6H,1-3H2,(H,7,8);;/t4-;;/m1../s1. The van der Waals surface area contributed by atoms with Gasteiger partial charge in [0.1, 0.15) is 6.04 Å². The van der Waals surface area contributed by atoms with Crippen LogP contribution in [0.25, 0.3) is 0 Å². The number of rotatable bonds is 1. The Labute approximate surface area is 66.0 Å². The van der Waals surface area contributed by atoms with Gasteiger partial charge < -0.3 is 10.4 Å². The van der Waals surface area contributed by atoms with E-state index in [1.54, 1.807) is 0 Å². The average molecular weight is 123 g/mol. The minimum atomic E-state index is -0.720. The maximum absolute atomic E-state index is 10.1. The molecule has 0 aromatic heterocycles. The second kappa shape index (κ2) is 3.94. The van der Waals surface area contributed by atoms with E-state index in [4.69, 9.17) is 5.11 Å². The number of carboxylic acids is 1. The van der Waals surface area contributed by atoms with Crippen molar-refractivity contribution in [2.45, 2.75) is 18.9 Å². The summed E-state index contributed by atoms with van der Waals surface area (Å²) in [5.41, 5.74) is 0. The van der Waals surface area contributed by atoms with Crippen LogP contribution in [0.5, 0.6) is 0 Å². The summed E-state index contributed by atoms with van der Waals surface area (Å²) in [4.78, 5) is 10.1. The van der Waals surface area contributed by atoms with Crippen LogP contribution in [0.15, 0.2) is 0 Å². The van der Waals surface area contributed by atoms with Crippen molar-refractivity contribution in [2.24, 2.45) is 0 Å². The van der Waals surface area contributed by atoms with Crippen molar-refractivity contribution in [1.82, 2.24) is 5.32 Å². The third-order valence-corrected chi connectivity index (χ3v) is 1.36. The summed E-state index contributed by atoms with van der Waals surface area (Å²) in [5, 5.41) is 11.2. The summed E-state index contributed by atoms with van der Waals surface area (Å²) in [6.45, 7) is 0.858. The Balaban J connectivity index is 0.000000640. The molecule has 4 heteroatoms. The van der Waals surface area contributed by atoms with E-state index >= 15 is 0 Å². The van der Waals surface area contributed by atoms with Gasteiger partial charge in [0.15, 0.2) is 0 Å². The van der Waals surface area contributed by atoms with Gasteiger partial charge in [-0.25, -0.2) is 0 Å². The Hall–Kier alpha value is 0.0274. The van der Waals surface area contributed by atoms with Crippen molar-refractivity contribution < 1.29 is 9.90 Å². The zero-order valence-electron chi connectivity index (χ0n) is 4.55. The molecule has 9 heavy (non-hydrogen) atoms. The van der Waals surface area contributed by atoms with Crippen molar-refractivity contribution in [2.75, 3.05) is 6.54 Å². The molecule has 0 radical (unpaired) electrons. The molecule has 1 aliphatic rings. The van der Waals surface area contributed by atoms with E-state index < -0.39 is 5.97 Å². The van der Waals surface area contributed by atoms with Gasteiger partial charge in [0.2, 0.25) is 0 Å². The molecule has 2 N–H and O–H groups in total. The van der Waals surface area contributed by atoms with Gasteiger partial charge in [-0.05, 0) is 19.4 Å². The topological polar surface area (TPSA) is 49.3 Å². The molecule has 1 atom stereocenters. The molecule has 1 heterocycles. The molecule has 1 saturated heterocycles. The van der Waals surface area contributed by atoms with Crippen LogP contribution in [-0.4, -0.2) is 42.5 Å². The number of carboxylic acid groups (broad SMARTS) is 1. The van der Waals surface area contributed by atoms with Gasteiger partial charge in [-0.2, -0.15) is 0 Å². The number of hydrogen-bond acceptors (Lipinski definition) is 2. The fourth-order valence-electron chi connectivity index (χ4n) is 0.895. The SMILES string of the molecule is O=C(O)[C@H]1CCCN1.[LiH]. The van der Waals surface area contributed by atoms with Gasteiger partial charge in [0, 0.05) is 0 Å². The van der Waals surface area contributed by atoms with E-state index in [0.29, 0.717) is 0 Å². The average Bonchev–Trinajstić information content (AvgIpc) is 2.12. The van der Waals surface area contributed by atoms with E-state index in [2.05, 4.69) is 5.32 Å². The van der Waals surface area contributed by atoms with Crippen LogP contribution in [0, 0.1) is 0 Å². The molecule has 1 aliphatic heterocycles. The molecule has 0 aliphatic carbocycles. The molecule has 3 nitrogen and oxygen atoms in total. The van der Waals surface area contributed by atoms with Crippen LogP contribution in [-0.2, 0) is 4.79 Å². The molecule has 0 unspecified atom stereocenters. The fraction of sp³-hybridized carbons (Fsp3) is 0.800. The molecule has 0 saturated carbocycles. The summed E-state index contributed by atoms with van der Waals surface area (Å²) < 4.78 is 0. The van der Waals surface area contributed by atoms with Crippen LogP contribution in [0.1, 0.15) is 12.8 Å². The summed E-state index contributed by atoms with van der Waals surface area (Å²) in [6, 6.07) is -0.269. The van der Waals surface area contributed by atoms with E-state index in [1.807, 2.05) is 0 Å². The maximum atomic E-state index is 10.1. The van der Waals surface area contributed by atoms with Gasteiger partial charge in [-0.15, -0.1) is 0 Å². The Bertz CT molecular complexity index is 101. The number of nitrogens with one attached hydrogen (secondary N) is 1. The molecular weight excluding hydrogens is 113 g/mol. The first-order chi connectivity index (χ1) is 3.80. The van der Waals surface area contributed by atoms with E-state index in [-0.39, 0.29) is 24.9 Å². The molecule has 0 aromatic carbocycles. The van der Waals surface area contributed by atoms with Crippen LogP contribution in [0.2, 0.25) is 0 Å². The predicted octanol–water partition coefficient (Wildman–Crippen LogP) is -0.826. The Morgan fingerprint density at radius 2 is 2.33 bits per heavy atom. The van der Waals surface area contributed by atoms with Crippen molar-refractivity contribution in [3.8, 4) is 0 Å². The number of carbonyl (C=O) groups is 1. The second-order valence-electron chi connectivity index (χ2n) is 1.99. The van der Waals surface area contributed by atoms with Crippen LogP contribution in [0.4, 0.5) is 0 Å². The molecule has 0 aromatic rings. The van der Waals surface area contributed by atoms with Gasteiger partial charge in [0.05, 0.1) is 0 Å². The first-order valence-electron chi connectivity index (χ1n) is 2.77. The summed E-state index contributed by atoms with van der Waals surface area (Å²) in [5.74, 6) is -0.720. The van der Waals surface area contributed by atoms with Crippen molar-refractivity contribution in [1.29, 1.82) is 0 Å². The molecule has 0 spiro atoms. The third kappa shape index (κ3) is 2.40. The Morgan fingerprint density at radius 3 is 2.56 bits per heavy atom. The first kappa shape index (κ1) is 9.03. The third-order valence-electron chi connectivity index (χ3n) is 1.36. The minimum absolute atomic E-state index is 0. The van der Waals surface area contributed by atoms with Crippen molar-refractivity contribution >= 4 is 24.8 Å². The van der Waals surface area contributed by atoms with Crippen LogP contribution >= 0.6 is 0 Å². The monoisotopic (exact) mass is 123 g/mol. The summed E-state index contributed by atoms with van der Waals surface area (Å²) >= 11 is 0. The van der Waals surface area contributed by atoms with E-state index in [0.717, 1.165) is 19.4 Å². The zero-order valence-corrected chi connectivity index (χ0v) is 4.55. The zero-order chi connectivity index (χ0) is 5.98. The first-order valence-corrected chi connectivity index (χ1v) is 2.77. The predicted molar refractivity (Wildman–Crippen MR) is 35.8 cm³/mol. The van der Waals surface area contributed by atoms with Crippen LogP contribution < -0.4 is 5.32 Å².